The Bertz CT molecular complexity index is 889. The van der Waals surface area contributed by atoms with Crippen molar-refractivity contribution < 1.29 is 32.3 Å². The van der Waals surface area contributed by atoms with Crippen molar-refractivity contribution in [3.05, 3.63) is 23.0 Å². The predicted molar refractivity (Wildman–Crippen MR) is 87.2 cm³/mol. The number of hydrogen-bond acceptors (Lipinski definition) is 4. The van der Waals surface area contributed by atoms with E-state index in [2.05, 4.69) is 5.32 Å². The summed E-state index contributed by atoms with van der Waals surface area (Å²) < 4.78 is 49.2. The molecule has 3 aliphatic heterocycles. The summed E-state index contributed by atoms with van der Waals surface area (Å²) in [6.07, 6.45) is -2.57. The van der Waals surface area contributed by atoms with Gasteiger partial charge in [0.2, 0.25) is 11.8 Å². The Kier molecular flexibility index (Phi) is 3.66. The maximum atomic E-state index is 14.7. The van der Waals surface area contributed by atoms with Crippen LogP contribution in [0.1, 0.15) is 24.5 Å². The highest BCUT2D eigenvalue weighted by atomic mass is 19.3. The van der Waals surface area contributed by atoms with Crippen LogP contribution < -0.4 is 15.1 Å². The van der Waals surface area contributed by atoms with Crippen LogP contribution in [-0.4, -0.2) is 43.6 Å². The number of hydrogen-bond donors (Lipinski definition) is 1. The molecule has 1 fully saturated rings. The van der Waals surface area contributed by atoms with Crippen molar-refractivity contribution in [3.63, 3.8) is 0 Å². The molecule has 7 nitrogen and oxygen atoms in total. The van der Waals surface area contributed by atoms with Crippen LogP contribution in [-0.2, 0) is 26.7 Å². The highest BCUT2D eigenvalue weighted by Gasteiger charge is 2.54. The van der Waals surface area contributed by atoms with Crippen LogP contribution in [0.5, 0.6) is 0 Å². The van der Waals surface area contributed by atoms with Gasteiger partial charge in [0.1, 0.15) is 11.9 Å². The zero-order valence-corrected chi connectivity index (χ0v) is 14.5. The molecule has 2 atom stereocenters. The van der Waals surface area contributed by atoms with Gasteiger partial charge in [-0.05, 0) is 12.0 Å². The van der Waals surface area contributed by atoms with Gasteiger partial charge in [0.25, 0.3) is 5.92 Å². The van der Waals surface area contributed by atoms with Gasteiger partial charge >= 0.3 is 6.09 Å². The summed E-state index contributed by atoms with van der Waals surface area (Å²) in [5.41, 5.74) is -0.859. The zero-order chi connectivity index (χ0) is 19.7. The first-order chi connectivity index (χ1) is 12.6. The van der Waals surface area contributed by atoms with Crippen LogP contribution in [0.3, 0.4) is 0 Å². The molecular formula is C17H16F3N3O4. The molecule has 3 amide bonds. The highest BCUT2D eigenvalue weighted by Crippen LogP contribution is 2.52. The summed E-state index contributed by atoms with van der Waals surface area (Å²) in [6.45, 7) is 1.33. The van der Waals surface area contributed by atoms with Crippen molar-refractivity contribution in [2.24, 2.45) is 0 Å². The maximum Gasteiger partial charge on any atom is 0.415 e. The SMILES string of the molecule is CC(=O)NCC1OC(=O)N2c3cc(F)c4c(c3C[C@@H]12)C(F)(F)CC(=O)N4C. The van der Waals surface area contributed by atoms with Gasteiger partial charge in [0.05, 0.1) is 35.9 Å². The minimum atomic E-state index is -3.54. The Morgan fingerprint density at radius 3 is 2.78 bits per heavy atom. The Morgan fingerprint density at radius 1 is 1.41 bits per heavy atom. The van der Waals surface area contributed by atoms with Gasteiger partial charge in [-0.3, -0.25) is 14.5 Å². The maximum absolute atomic E-state index is 14.7. The largest absolute Gasteiger partial charge is 0.442 e. The fraction of sp³-hybridized carbons (Fsp3) is 0.471. The number of carbonyl (C=O) groups excluding carboxylic acids is 3. The van der Waals surface area contributed by atoms with Gasteiger partial charge in [-0.1, -0.05) is 0 Å². The van der Waals surface area contributed by atoms with E-state index in [1.165, 1.54) is 14.0 Å². The standard InChI is InChI=1S/C17H16F3N3O4/c1-7(24)21-6-12-11-3-8-10(23(11)16(26)27-12)4-9(18)15-14(8)17(19,20)5-13(25)22(15)2/h4,11-12H,3,5-6H2,1-2H3,(H,21,24)/t11-,12?/m0/s1. The molecule has 0 saturated carbocycles. The molecule has 1 unspecified atom stereocenters. The molecule has 4 rings (SSSR count). The number of alkyl halides is 2. The van der Waals surface area contributed by atoms with E-state index in [9.17, 15) is 27.6 Å². The molecule has 0 radical (unpaired) electrons. The fourth-order valence-corrected chi connectivity index (χ4v) is 4.03. The summed E-state index contributed by atoms with van der Waals surface area (Å²) in [4.78, 5) is 37.2. The van der Waals surface area contributed by atoms with Gasteiger partial charge in [-0.25, -0.2) is 18.0 Å². The predicted octanol–water partition coefficient (Wildman–Crippen LogP) is 1.67. The fourth-order valence-electron chi connectivity index (χ4n) is 4.03. The van der Waals surface area contributed by atoms with E-state index < -0.39 is 53.6 Å². The Hall–Kier alpha value is -2.78. The first-order valence-electron chi connectivity index (χ1n) is 8.36. The second kappa shape index (κ2) is 5.61. The lowest BCUT2D eigenvalue weighted by molar-refractivity contribution is -0.127. The van der Waals surface area contributed by atoms with E-state index >= 15 is 0 Å². The van der Waals surface area contributed by atoms with Crippen molar-refractivity contribution in [2.45, 2.75) is 37.8 Å². The monoisotopic (exact) mass is 383 g/mol. The summed E-state index contributed by atoms with van der Waals surface area (Å²) in [5, 5.41) is 2.53. The highest BCUT2D eigenvalue weighted by molar-refractivity contribution is 6.00. The van der Waals surface area contributed by atoms with Gasteiger partial charge in [-0.2, -0.15) is 0 Å². The lowest BCUT2D eigenvalue weighted by Crippen LogP contribution is -2.40. The molecule has 1 N–H and O–H groups in total. The van der Waals surface area contributed by atoms with Crippen LogP contribution in [0.25, 0.3) is 0 Å². The normalized spacial score (nSPS) is 25.1. The number of cyclic esters (lactones) is 1. The topological polar surface area (TPSA) is 79.0 Å². The number of anilines is 2. The molecule has 3 aliphatic rings. The smallest absolute Gasteiger partial charge is 0.415 e. The lowest BCUT2D eigenvalue weighted by atomic mass is 9.89. The van der Waals surface area contributed by atoms with Crippen LogP contribution in [0.2, 0.25) is 0 Å². The summed E-state index contributed by atoms with van der Waals surface area (Å²) in [5.74, 6) is -5.75. The number of halogens is 3. The molecule has 3 heterocycles. The first kappa shape index (κ1) is 17.6. The van der Waals surface area contributed by atoms with Crippen molar-refractivity contribution >= 4 is 29.3 Å². The Labute approximate surface area is 152 Å². The van der Waals surface area contributed by atoms with E-state index in [1.54, 1.807) is 0 Å². The Morgan fingerprint density at radius 2 is 2.11 bits per heavy atom. The number of benzene rings is 1. The molecule has 144 valence electrons. The van der Waals surface area contributed by atoms with E-state index in [1.807, 2.05) is 0 Å². The second-order valence-electron chi connectivity index (χ2n) is 6.91. The van der Waals surface area contributed by atoms with Crippen LogP contribution in [0, 0.1) is 5.82 Å². The third-order valence-corrected chi connectivity index (χ3v) is 5.22. The zero-order valence-electron chi connectivity index (χ0n) is 14.5. The number of nitrogens with one attached hydrogen (secondary N) is 1. The molecule has 0 aromatic heterocycles. The average Bonchev–Trinajstić information content (AvgIpc) is 3.07. The van der Waals surface area contributed by atoms with Crippen LogP contribution in [0.15, 0.2) is 6.07 Å². The average molecular weight is 383 g/mol. The third-order valence-electron chi connectivity index (χ3n) is 5.22. The second-order valence-corrected chi connectivity index (χ2v) is 6.91. The van der Waals surface area contributed by atoms with E-state index in [4.69, 9.17) is 4.74 Å². The van der Waals surface area contributed by atoms with Crippen molar-refractivity contribution in [3.8, 4) is 0 Å². The number of ether oxygens (including phenoxy) is 1. The van der Waals surface area contributed by atoms with E-state index in [0.717, 1.165) is 15.9 Å². The van der Waals surface area contributed by atoms with Crippen molar-refractivity contribution in [2.75, 3.05) is 23.4 Å². The molecule has 0 spiro atoms. The molecular weight excluding hydrogens is 367 g/mol. The summed E-state index contributed by atoms with van der Waals surface area (Å²) in [7, 11) is 1.25. The van der Waals surface area contributed by atoms with Gasteiger partial charge in [-0.15, -0.1) is 0 Å². The van der Waals surface area contributed by atoms with Crippen LogP contribution in [0.4, 0.5) is 29.3 Å². The summed E-state index contributed by atoms with van der Waals surface area (Å²) >= 11 is 0. The van der Waals surface area contributed by atoms with Gasteiger partial charge < -0.3 is 15.0 Å². The van der Waals surface area contributed by atoms with Crippen molar-refractivity contribution in [1.82, 2.24) is 5.32 Å². The minimum Gasteiger partial charge on any atom is -0.442 e. The van der Waals surface area contributed by atoms with E-state index in [0.29, 0.717) is 0 Å². The molecule has 10 heteroatoms. The number of nitrogens with zero attached hydrogens (tertiary/aromatic N) is 2. The molecule has 1 aromatic rings. The number of amides is 3. The van der Waals surface area contributed by atoms with E-state index in [-0.39, 0.29) is 30.1 Å². The molecule has 0 aliphatic carbocycles. The lowest BCUT2D eigenvalue weighted by Gasteiger charge is -2.33. The molecule has 27 heavy (non-hydrogen) atoms. The van der Waals surface area contributed by atoms with Gasteiger partial charge in [0, 0.05) is 20.0 Å². The molecule has 0 bridgehead atoms. The van der Waals surface area contributed by atoms with Crippen LogP contribution >= 0.6 is 0 Å². The number of fused-ring (bicyclic) bond motifs is 5. The van der Waals surface area contributed by atoms with Gasteiger partial charge in [0.15, 0.2) is 0 Å². The third kappa shape index (κ3) is 2.46. The molecule has 1 saturated heterocycles. The van der Waals surface area contributed by atoms with Crippen molar-refractivity contribution in [1.29, 1.82) is 0 Å². The summed E-state index contributed by atoms with van der Waals surface area (Å²) in [6, 6.07) is 0.352. The number of rotatable bonds is 2. The quantitative estimate of drug-likeness (QED) is 0.843. The molecule has 1 aromatic carbocycles. The first-order valence-corrected chi connectivity index (χ1v) is 8.36. The number of carbonyl (C=O) groups is 3. The minimum absolute atomic E-state index is 0.0194. The Balaban J connectivity index is 1.81.